The highest BCUT2D eigenvalue weighted by atomic mass is 16.1. The summed E-state index contributed by atoms with van der Waals surface area (Å²) in [6, 6.07) is 0. The van der Waals surface area contributed by atoms with Gasteiger partial charge in [-0.3, -0.25) is 4.79 Å². The maximum atomic E-state index is 11.3. The fourth-order valence-electron chi connectivity index (χ4n) is 1.70. The second-order valence-corrected chi connectivity index (χ2v) is 3.66. The van der Waals surface area contributed by atoms with Crippen LogP contribution >= 0.6 is 0 Å². The van der Waals surface area contributed by atoms with E-state index in [-0.39, 0.29) is 0 Å². The molecule has 0 aromatic rings. The van der Waals surface area contributed by atoms with Gasteiger partial charge < -0.3 is 0 Å². The summed E-state index contributed by atoms with van der Waals surface area (Å²) in [5.74, 6) is 0.910. The van der Waals surface area contributed by atoms with Crippen molar-refractivity contribution in [2.24, 2.45) is 5.92 Å². The van der Waals surface area contributed by atoms with Crippen LogP contribution in [0.5, 0.6) is 0 Å². The van der Waals surface area contributed by atoms with E-state index in [4.69, 9.17) is 0 Å². The summed E-state index contributed by atoms with van der Waals surface area (Å²) in [5, 5.41) is 0. The SMILES string of the molecule is CCCC/C=C1/C(=O)CCC1C. The van der Waals surface area contributed by atoms with Crippen molar-refractivity contribution < 1.29 is 4.79 Å². The van der Waals surface area contributed by atoms with Gasteiger partial charge in [-0.15, -0.1) is 0 Å². The zero-order valence-corrected chi connectivity index (χ0v) is 8.10. The third-order valence-electron chi connectivity index (χ3n) is 2.58. The summed E-state index contributed by atoms with van der Waals surface area (Å²) >= 11 is 0. The van der Waals surface area contributed by atoms with Crippen molar-refractivity contribution in [3.8, 4) is 0 Å². The molecule has 1 heteroatoms. The van der Waals surface area contributed by atoms with E-state index < -0.39 is 0 Å². The first-order valence-electron chi connectivity index (χ1n) is 4.99. The highest BCUT2D eigenvalue weighted by Crippen LogP contribution is 2.27. The second-order valence-electron chi connectivity index (χ2n) is 3.66. The smallest absolute Gasteiger partial charge is 0.158 e. The standard InChI is InChI=1S/C11H18O/c1-3-4-5-6-10-9(2)7-8-11(10)12/h6,9H,3-5,7-8H2,1-2H3/b10-6+. The number of ketones is 1. The number of unbranched alkanes of at least 4 members (excludes halogenated alkanes) is 2. The molecule has 0 amide bonds. The van der Waals surface area contributed by atoms with E-state index in [9.17, 15) is 4.79 Å². The number of carbonyl (C=O) groups excluding carboxylic acids is 1. The first kappa shape index (κ1) is 9.50. The first-order chi connectivity index (χ1) is 5.75. The van der Waals surface area contributed by atoms with Crippen molar-refractivity contribution in [2.45, 2.75) is 46.0 Å². The van der Waals surface area contributed by atoms with Crippen LogP contribution in [0.3, 0.4) is 0 Å². The molecule has 1 fully saturated rings. The highest BCUT2D eigenvalue weighted by molar-refractivity contribution is 5.97. The quantitative estimate of drug-likeness (QED) is 0.465. The molecular weight excluding hydrogens is 148 g/mol. The highest BCUT2D eigenvalue weighted by Gasteiger charge is 2.23. The molecule has 1 saturated carbocycles. The van der Waals surface area contributed by atoms with E-state index in [1.54, 1.807) is 0 Å². The van der Waals surface area contributed by atoms with Crippen molar-refractivity contribution in [2.75, 3.05) is 0 Å². The number of carbonyl (C=O) groups is 1. The van der Waals surface area contributed by atoms with Gasteiger partial charge in [0, 0.05) is 6.42 Å². The molecule has 12 heavy (non-hydrogen) atoms. The molecule has 1 unspecified atom stereocenters. The Hall–Kier alpha value is -0.590. The van der Waals surface area contributed by atoms with Gasteiger partial charge in [-0.05, 0) is 24.3 Å². The third-order valence-corrected chi connectivity index (χ3v) is 2.58. The largest absolute Gasteiger partial charge is 0.295 e. The molecule has 0 saturated heterocycles. The van der Waals surface area contributed by atoms with E-state index in [1.165, 1.54) is 12.8 Å². The molecule has 0 radical (unpaired) electrons. The van der Waals surface area contributed by atoms with Gasteiger partial charge in [-0.2, -0.15) is 0 Å². The Morgan fingerprint density at radius 2 is 2.33 bits per heavy atom. The molecule has 0 N–H and O–H groups in total. The normalized spacial score (nSPS) is 27.0. The molecular formula is C11H18O. The lowest BCUT2D eigenvalue weighted by Crippen LogP contribution is -1.97. The van der Waals surface area contributed by atoms with Crippen molar-refractivity contribution in [3.05, 3.63) is 11.6 Å². The average molecular weight is 166 g/mol. The van der Waals surface area contributed by atoms with E-state index in [0.717, 1.165) is 24.8 Å². The maximum absolute atomic E-state index is 11.3. The maximum Gasteiger partial charge on any atom is 0.158 e. The summed E-state index contributed by atoms with van der Waals surface area (Å²) in [6.45, 7) is 4.33. The van der Waals surface area contributed by atoms with Gasteiger partial charge in [0.1, 0.15) is 0 Å². The fourth-order valence-corrected chi connectivity index (χ4v) is 1.70. The summed E-state index contributed by atoms with van der Waals surface area (Å²) < 4.78 is 0. The third kappa shape index (κ3) is 2.20. The van der Waals surface area contributed by atoms with Crippen molar-refractivity contribution in [1.29, 1.82) is 0 Å². The lowest BCUT2D eigenvalue weighted by molar-refractivity contribution is -0.114. The van der Waals surface area contributed by atoms with Crippen molar-refractivity contribution in [1.82, 2.24) is 0 Å². The lowest BCUT2D eigenvalue weighted by Gasteiger charge is -2.01. The Labute approximate surface area is 74.9 Å². The molecule has 1 aliphatic rings. The molecule has 0 spiro atoms. The summed E-state index contributed by atoms with van der Waals surface area (Å²) in [6.07, 6.45) is 7.51. The second kappa shape index (κ2) is 4.44. The van der Waals surface area contributed by atoms with Gasteiger partial charge in [0.2, 0.25) is 0 Å². The Morgan fingerprint density at radius 3 is 2.83 bits per heavy atom. The predicted molar refractivity (Wildman–Crippen MR) is 51.0 cm³/mol. The van der Waals surface area contributed by atoms with Crippen LogP contribution in [0.1, 0.15) is 46.0 Å². The van der Waals surface area contributed by atoms with E-state index in [2.05, 4.69) is 19.9 Å². The first-order valence-corrected chi connectivity index (χ1v) is 4.99. The number of allylic oxidation sites excluding steroid dienone is 2. The molecule has 0 aliphatic heterocycles. The van der Waals surface area contributed by atoms with Gasteiger partial charge in [-0.25, -0.2) is 0 Å². The number of rotatable bonds is 3. The van der Waals surface area contributed by atoms with Crippen LogP contribution < -0.4 is 0 Å². The molecule has 0 aromatic carbocycles. The van der Waals surface area contributed by atoms with Gasteiger partial charge in [-0.1, -0.05) is 32.8 Å². The molecule has 0 heterocycles. The summed E-state index contributed by atoms with van der Waals surface area (Å²) in [5.41, 5.74) is 1.10. The monoisotopic (exact) mass is 166 g/mol. The Balaban J connectivity index is 2.47. The molecule has 1 aliphatic carbocycles. The Kier molecular flexibility index (Phi) is 3.51. The minimum Gasteiger partial charge on any atom is -0.295 e. The van der Waals surface area contributed by atoms with Crippen LogP contribution in [0.4, 0.5) is 0 Å². The fraction of sp³-hybridized carbons (Fsp3) is 0.727. The van der Waals surface area contributed by atoms with Crippen LogP contribution in [-0.4, -0.2) is 5.78 Å². The van der Waals surface area contributed by atoms with Crippen molar-refractivity contribution >= 4 is 5.78 Å². The average Bonchev–Trinajstić information content (AvgIpc) is 2.35. The summed E-state index contributed by atoms with van der Waals surface area (Å²) in [4.78, 5) is 11.3. The molecule has 68 valence electrons. The topological polar surface area (TPSA) is 17.1 Å². The predicted octanol–water partition coefficient (Wildman–Crippen LogP) is 3.10. The number of Topliss-reactive ketones (excluding diaryl/α,β-unsaturated/α-hetero) is 1. The number of hydrogen-bond donors (Lipinski definition) is 0. The molecule has 0 bridgehead atoms. The summed E-state index contributed by atoms with van der Waals surface area (Å²) in [7, 11) is 0. The van der Waals surface area contributed by atoms with E-state index >= 15 is 0 Å². The van der Waals surface area contributed by atoms with Crippen LogP contribution in [0.15, 0.2) is 11.6 Å². The van der Waals surface area contributed by atoms with Crippen molar-refractivity contribution in [3.63, 3.8) is 0 Å². The van der Waals surface area contributed by atoms with Crippen LogP contribution in [-0.2, 0) is 4.79 Å². The minimum absolute atomic E-state index is 0.388. The Bertz CT molecular complexity index is 191. The van der Waals surface area contributed by atoms with Gasteiger partial charge in [0.05, 0.1) is 0 Å². The van der Waals surface area contributed by atoms with Crippen LogP contribution in [0.2, 0.25) is 0 Å². The Morgan fingerprint density at radius 1 is 1.58 bits per heavy atom. The molecule has 1 nitrogen and oxygen atoms in total. The molecule has 1 rings (SSSR count). The van der Waals surface area contributed by atoms with Crippen LogP contribution in [0.25, 0.3) is 0 Å². The van der Waals surface area contributed by atoms with Gasteiger partial charge in [0.15, 0.2) is 5.78 Å². The van der Waals surface area contributed by atoms with Gasteiger partial charge in [0.25, 0.3) is 0 Å². The number of hydrogen-bond acceptors (Lipinski definition) is 1. The molecule has 1 atom stereocenters. The lowest BCUT2D eigenvalue weighted by atomic mass is 10.0. The zero-order valence-electron chi connectivity index (χ0n) is 8.10. The van der Waals surface area contributed by atoms with Gasteiger partial charge >= 0.3 is 0 Å². The minimum atomic E-state index is 0.388. The van der Waals surface area contributed by atoms with E-state index in [1.807, 2.05) is 0 Å². The zero-order chi connectivity index (χ0) is 8.97. The van der Waals surface area contributed by atoms with E-state index in [0.29, 0.717) is 11.7 Å². The molecule has 0 aromatic heterocycles. The van der Waals surface area contributed by atoms with Crippen LogP contribution in [0, 0.1) is 5.92 Å².